The summed E-state index contributed by atoms with van der Waals surface area (Å²) in [5.74, 6) is 0.290. The van der Waals surface area contributed by atoms with Crippen LogP contribution < -0.4 is 5.73 Å². The number of amidine groups is 1. The van der Waals surface area contributed by atoms with E-state index < -0.39 is 0 Å². The Hall–Kier alpha value is -0.810. The number of ether oxygens (including phenoxy) is 1. The first-order chi connectivity index (χ1) is 8.38. The molecule has 0 fully saturated rings. The number of nitrogens with two attached hydrogens (primary N) is 1. The van der Waals surface area contributed by atoms with E-state index in [1.807, 2.05) is 13.8 Å². The van der Waals surface area contributed by atoms with Crippen LogP contribution in [0, 0.1) is 5.41 Å². The van der Waals surface area contributed by atoms with Crippen LogP contribution in [0.4, 0.5) is 0 Å². The molecule has 0 aliphatic carbocycles. The van der Waals surface area contributed by atoms with Gasteiger partial charge < -0.3 is 15.7 Å². The fraction of sp³-hybridized carbons (Fsp3) is 0.923. The van der Waals surface area contributed by atoms with E-state index in [-0.39, 0.29) is 5.41 Å². The lowest BCUT2D eigenvalue weighted by atomic mass is 9.87. The number of oxime groups is 1. The van der Waals surface area contributed by atoms with E-state index in [0.29, 0.717) is 11.9 Å². The zero-order valence-corrected chi connectivity index (χ0v) is 12.4. The van der Waals surface area contributed by atoms with Gasteiger partial charge in [0.25, 0.3) is 0 Å². The smallest absolute Gasteiger partial charge is 0.144 e. The molecule has 0 aliphatic heterocycles. The Morgan fingerprint density at radius 2 is 2.06 bits per heavy atom. The van der Waals surface area contributed by atoms with Crippen LogP contribution in [-0.2, 0) is 4.74 Å². The molecule has 1 unspecified atom stereocenters. The lowest BCUT2D eigenvalue weighted by Gasteiger charge is -2.32. The second kappa shape index (κ2) is 8.32. The van der Waals surface area contributed by atoms with Crippen molar-refractivity contribution in [1.29, 1.82) is 0 Å². The summed E-state index contributed by atoms with van der Waals surface area (Å²) in [6, 6.07) is 0.517. The van der Waals surface area contributed by atoms with Crippen LogP contribution in [0.5, 0.6) is 0 Å². The van der Waals surface area contributed by atoms with E-state index >= 15 is 0 Å². The van der Waals surface area contributed by atoms with E-state index in [9.17, 15) is 0 Å². The first kappa shape index (κ1) is 17.2. The average Bonchev–Trinajstić information content (AvgIpc) is 2.36. The fourth-order valence-corrected chi connectivity index (χ4v) is 1.71. The molecule has 1 atom stereocenters. The Labute approximate surface area is 111 Å². The van der Waals surface area contributed by atoms with Gasteiger partial charge in [-0.25, -0.2) is 0 Å². The molecule has 0 aromatic carbocycles. The number of hydrogen-bond donors (Lipinski definition) is 2. The van der Waals surface area contributed by atoms with Gasteiger partial charge in [-0.1, -0.05) is 25.9 Å². The molecule has 0 aromatic heterocycles. The third kappa shape index (κ3) is 5.69. The molecule has 108 valence electrons. The highest BCUT2D eigenvalue weighted by Gasteiger charge is 2.25. The van der Waals surface area contributed by atoms with Crippen molar-refractivity contribution in [2.75, 3.05) is 26.8 Å². The maximum atomic E-state index is 8.76. The number of methoxy groups -OCH3 is 1. The minimum absolute atomic E-state index is 0.284. The molecule has 0 aliphatic rings. The van der Waals surface area contributed by atoms with E-state index in [2.05, 4.69) is 23.9 Å². The predicted molar refractivity (Wildman–Crippen MR) is 75.0 cm³/mol. The van der Waals surface area contributed by atoms with Gasteiger partial charge >= 0.3 is 0 Å². The van der Waals surface area contributed by atoms with Crippen molar-refractivity contribution < 1.29 is 9.94 Å². The highest BCUT2D eigenvalue weighted by atomic mass is 16.5. The largest absolute Gasteiger partial charge is 0.409 e. The van der Waals surface area contributed by atoms with Gasteiger partial charge in [0.15, 0.2) is 0 Å². The SMILES string of the molecule is CCC(C)N(CCOC)CCC(C)(C)C(N)=NO. The topological polar surface area (TPSA) is 71.1 Å². The van der Waals surface area contributed by atoms with Crippen LogP contribution in [-0.4, -0.2) is 48.8 Å². The van der Waals surface area contributed by atoms with E-state index in [4.69, 9.17) is 15.7 Å². The predicted octanol–water partition coefficient (Wildman–Crippen LogP) is 1.90. The molecule has 0 bridgehead atoms. The van der Waals surface area contributed by atoms with E-state index in [1.54, 1.807) is 7.11 Å². The maximum absolute atomic E-state index is 8.76. The summed E-state index contributed by atoms with van der Waals surface area (Å²) >= 11 is 0. The van der Waals surface area contributed by atoms with Crippen LogP contribution in [0.15, 0.2) is 5.16 Å². The molecular formula is C13H29N3O2. The van der Waals surface area contributed by atoms with Crippen LogP contribution in [0.3, 0.4) is 0 Å². The van der Waals surface area contributed by atoms with Gasteiger partial charge in [-0.3, -0.25) is 4.90 Å². The minimum atomic E-state index is -0.284. The fourth-order valence-electron chi connectivity index (χ4n) is 1.71. The summed E-state index contributed by atoms with van der Waals surface area (Å²) < 4.78 is 5.14. The molecule has 3 N–H and O–H groups in total. The lowest BCUT2D eigenvalue weighted by Crippen LogP contribution is -2.40. The summed E-state index contributed by atoms with van der Waals surface area (Å²) in [5, 5.41) is 11.9. The summed E-state index contributed by atoms with van der Waals surface area (Å²) in [7, 11) is 1.72. The van der Waals surface area contributed by atoms with E-state index in [1.165, 1.54) is 0 Å². The number of rotatable bonds is 9. The lowest BCUT2D eigenvalue weighted by molar-refractivity contribution is 0.116. The van der Waals surface area contributed by atoms with Crippen molar-refractivity contribution in [2.45, 2.75) is 46.6 Å². The van der Waals surface area contributed by atoms with Crippen molar-refractivity contribution in [3.63, 3.8) is 0 Å². The number of hydrogen-bond acceptors (Lipinski definition) is 4. The first-order valence-corrected chi connectivity index (χ1v) is 6.60. The van der Waals surface area contributed by atoms with Crippen molar-refractivity contribution in [2.24, 2.45) is 16.3 Å². The average molecular weight is 259 g/mol. The minimum Gasteiger partial charge on any atom is -0.409 e. The van der Waals surface area contributed by atoms with Gasteiger partial charge in [0, 0.05) is 25.1 Å². The second-order valence-electron chi connectivity index (χ2n) is 5.41. The Kier molecular flexibility index (Phi) is 7.95. The molecule has 0 spiro atoms. The van der Waals surface area contributed by atoms with Crippen LogP contribution in [0.25, 0.3) is 0 Å². The zero-order valence-electron chi connectivity index (χ0n) is 12.4. The van der Waals surface area contributed by atoms with Gasteiger partial charge in [0.2, 0.25) is 0 Å². The molecule has 0 aromatic rings. The van der Waals surface area contributed by atoms with Gasteiger partial charge in [-0.05, 0) is 26.3 Å². The highest BCUT2D eigenvalue weighted by Crippen LogP contribution is 2.21. The van der Waals surface area contributed by atoms with Gasteiger partial charge in [-0.15, -0.1) is 0 Å². The Bertz CT molecular complexity index is 255. The molecule has 5 nitrogen and oxygen atoms in total. The van der Waals surface area contributed by atoms with Crippen LogP contribution in [0.2, 0.25) is 0 Å². The highest BCUT2D eigenvalue weighted by molar-refractivity contribution is 5.85. The van der Waals surface area contributed by atoms with Gasteiger partial charge in [-0.2, -0.15) is 0 Å². The molecule has 0 amide bonds. The zero-order chi connectivity index (χ0) is 14.2. The van der Waals surface area contributed by atoms with Gasteiger partial charge in [0.05, 0.1) is 6.61 Å². The van der Waals surface area contributed by atoms with Crippen molar-refractivity contribution in [3.05, 3.63) is 0 Å². The normalized spacial score (nSPS) is 15.1. The van der Waals surface area contributed by atoms with E-state index in [0.717, 1.165) is 32.5 Å². The Morgan fingerprint density at radius 1 is 1.44 bits per heavy atom. The molecule has 0 saturated heterocycles. The third-order valence-electron chi connectivity index (χ3n) is 3.62. The van der Waals surface area contributed by atoms with Crippen LogP contribution in [0.1, 0.15) is 40.5 Å². The van der Waals surface area contributed by atoms with Crippen molar-refractivity contribution in [1.82, 2.24) is 4.90 Å². The van der Waals surface area contributed by atoms with Crippen molar-refractivity contribution in [3.8, 4) is 0 Å². The summed E-state index contributed by atoms with van der Waals surface area (Å²) in [6.45, 7) is 10.9. The summed E-state index contributed by atoms with van der Waals surface area (Å²) in [4.78, 5) is 2.38. The first-order valence-electron chi connectivity index (χ1n) is 6.60. The maximum Gasteiger partial charge on any atom is 0.144 e. The quantitative estimate of drug-likeness (QED) is 0.287. The standard InChI is InChI=1S/C13H29N3O2/c1-6-11(2)16(9-10-18-5)8-7-13(3,4)12(14)15-17/h11,17H,6-10H2,1-5H3,(H2,14,15). The van der Waals surface area contributed by atoms with Gasteiger partial charge in [0.1, 0.15) is 5.84 Å². The number of nitrogens with zero attached hydrogens (tertiary/aromatic N) is 2. The van der Waals surface area contributed by atoms with Crippen molar-refractivity contribution >= 4 is 5.84 Å². The Balaban J connectivity index is 4.41. The molecule has 0 heterocycles. The Morgan fingerprint density at radius 3 is 2.50 bits per heavy atom. The van der Waals surface area contributed by atoms with Crippen LogP contribution >= 0.6 is 0 Å². The molecule has 0 saturated carbocycles. The molecule has 0 rings (SSSR count). The summed E-state index contributed by atoms with van der Waals surface area (Å²) in [5.41, 5.74) is 5.42. The third-order valence-corrected chi connectivity index (χ3v) is 3.62. The molecule has 18 heavy (non-hydrogen) atoms. The molecule has 5 heteroatoms. The molecule has 0 radical (unpaired) electrons. The summed E-state index contributed by atoms with van der Waals surface area (Å²) in [6.07, 6.45) is 1.96. The molecular weight excluding hydrogens is 230 g/mol. The monoisotopic (exact) mass is 259 g/mol. The second-order valence-corrected chi connectivity index (χ2v) is 5.41.